The third-order valence-corrected chi connectivity index (χ3v) is 6.16. The SMILES string of the molecule is CN=C(NCc1ccc(OCC2CC2)nc1)N1CCC(OCC2CCCCO2)CC1.I. The van der Waals surface area contributed by atoms with Gasteiger partial charge in [0.25, 0.3) is 0 Å². The molecule has 1 aromatic heterocycles. The number of aromatic nitrogens is 1. The van der Waals surface area contributed by atoms with E-state index in [0.717, 1.165) is 75.5 Å². The highest BCUT2D eigenvalue weighted by molar-refractivity contribution is 14.0. The molecule has 2 aliphatic heterocycles. The van der Waals surface area contributed by atoms with Gasteiger partial charge in [0, 0.05) is 45.6 Å². The first-order valence-corrected chi connectivity index (χ1v) is 11.6. The molecule has 174 valence electrons. The van der Waals surface area contributed by atoms with Crippen LogP contribution in [0.5, 0.6) is 5.88 Å². The molecule has 1 atom stereocenters. The molecule has 1 unspecified atom stereocenters. The molecule has 4 rings (SSSR count). The van der Waals surface area contributed by atoms with Gasteiger partial charge in [-0.3, -0.25) is 4.99 Å². The Morgan fingerprint density at radius 3 is 2.65 bits per heavy atom. The van der Waals surface area contributed by atoms with Gasteiger partial charge in [0.1, 0.15) is 0 Å². The third-order valence-electron chi connectivity index (χ3n) is 6.16. The average molecular weight is 544 g/mol. The van der Waals surface area contributed by atoms with Crippen LogP contribution in [0, 0.1) is 5.92 Å². The quantitative estimate of drug-likeness (QED) is 0.307. The van der Waals surface area contributed by atoms with Gasteiger partial charge in [0.05, 0.1) is 25.4 Å². The van der Waals surface area contributed by atoms with Crippen LogP contribution in [0.15, 0.2) is 23.3 Å². The summed E-state index contributed by atoms with van der Waals surface area (Å²) in [4.78, 5) is 11.2. The minimum Gasteiger partial charge on any atom is -0.477 e. The van der Waals surface area contributed by atoms with Crippen molar-refractivity contribution in [2.75, 3.05) is 40.0 Å². The zero-order valence-electron chi connectivity index (χ0n) is 18.6. The number of ether oxygens (including phenoxy) is 3. The van der Waals surface area contributed by atoms with Crippen molar-refractivity contribution in [2.24, 2.45) is 10.9 Å². The van der Waals surface area contributed by atoms with Crippen LogP contribution in [0.3, 0.4) is 0 Å². The Morgan fingerprint density at radius 1 is 1.16 bits per heavy atom. The largest absolute Gasteiger partial charge is 0.477 e. The van der Waals surface area contributed by atoms with Crippen molar-refractivity contribution < 1.29 is 14.2 Å². The molecule has 2 saturated heterocycles. The first-order chi connectivity index (χ1) is 14.8. The van der Waals surface area contributed by atoms with Crippen LogP contribution in [0.2, 0.25) is 0 Å². The van der Waals surface area contributed by atoms with Crippen LogP contribution < -0.4 is 10.1 Å². The van der Waals surface area contributed by atoms with E-state index < -0.39 is 0 Å². The van der Waals surface area contributed by atoms with Crippen LogP contribution in [0.25, 0.3) is 0 Å². The van der Waals surface area contributed by atoms with E-state index in [4.69, 9.17) is 14.2 Å². The smallest absolute Gasteiger partial charge is 0.213 e. The lowest BCUT2D eigenvalue weighted by atomic mass is 10.1. The lowest BCUT2D eigenvalue weighted by molar-refractivity contribution is -0.0721. The normalized spacial score (nSPS) is 22.7. The van der Waals surface area contributed by atoms with Crippen LogP contribution >= 0.6 is 24.0 Å². The fourth-order valence-electron chi connectivity index (χ4n) is 4.02. The molecule has 7 nitrogen and oxygen atoms in total. The standard InChI is InChI=1S/C23H36N4O3.HI/c1-24-23(26-15-19-7-8-22(25-14-19)30-16-18-5-6-18)27-11-9-20(10-12-27)29-17-21-4-2-3-13-28-21;/h7-8,14,18,20-21H,2-6,9-13,15-17H2,1H3,(H,24,26);1H. The molecular weight excluding hydrogens is 507 g/mol. The molecule has 1 saturated carbocycles. The summed E-state index contributed by atoms with van der Waals surface area (Å²) in [5, 5.41) is 3.47. The number of likely N-dealkylation sites (tertiary alicyclic amines) is 1. The number of pyridine rings is 1. The van der Waals surface area contributed by atoms with Gasteiger partial charge in [-0.25, -0.2) is 4.98 Å². The fourth-order valence-corrected chi connectivity index (χ4v) is 4.02. The number of guanidine groups is 1. The van der Waals surface area contributed by atoms with Gasteiger partial charge in [-0.2, -0.15) is 0 Å². The van der Waals surface area contributed by atoms with Crippen LogP contribution in [-0.4, -0.2) is 68.0 Å². The van der Waals surface area contributed by atoms with Crippen LogP contribution in [0.4, 0.5) is 0 Å². The summed E-state index contributed by atoms with van der Waals surface area (Å²) in [6.45, 7) is 5.05. The molecule has 3 aliphatic rings. The molecule has 0 radical (unpaired) electrons. The second kappa shape index (κ2) is 12.8. The average Bonchev–Trinajstić information content (AvgIpc) is 3.64. The minimum absolute atomic E-state index is 0. The topological polar surface area (TPSA) is 68.2 Å². The number of hydrogen-bond acceptors (Lipinski definition) is 5. The second-order valence-corrected chi connectivity index (χ2v) is 8.67. The number of aliphatic imine (C=N–C) groups is 1. The van der Waals surface area contributed by atoms with Crippen molar-refractivity contribution in [1.29, 1.82) is 0 Å². The molecule has 1 aromatic rings. The van der Waals surface area contributed by atoms with Crippen LogP contribution in [0.1, 0.15) is 50.5 Å². The van der Waals surface area contributed by atoms with Crippen molar-refractivity contribution >= 4 is 29.9 Å². The number of nitrogens with one attached hydrogen (secondary N) is 1. The van der Waals surface area contributed by atoms with Crippen molar-refractivity contribution in [1.82, 2.24) is 15.2 Å². The van der Waals surface area contributed by atoms with Gasteiger partial charge in [-0.05, 0) is 56.4 Å². The monoisotopic (exact) mass is 544 g/mol. The van der Waals surface area contributed by atoms with Crippen molar-refractivity contribution in [2.45, 2.75) is 63.7 Å². The molecule has 31 heavy (non-hydrogen) atoms. The second-order valence-electron chi connectivity index (χ2n) is 8.67. The molecule has 3 heterocycles. The summed E-state index contributed by atoms with van der Waals surface area (Å²) in [7, 11) is 1.85. The Bertz CT molecular complexity index is 670. The van der Waals surface area contributed by atoms with Gasteiger partial charge in [-0.15, -0.1) is 24.0 Å². The number of nitrogens with zero attached hydrogens (tertiary/aromatic N) is 3. The number of piperidine rings is 1. The summed E-state index contributed by atoms with van der Waals surface area (Å²) >= 11 is 0. The molecule has 8 heteroatoms. The van der Waals surface area contributed by atoms with Gasteiger partial charge in [-0.1, -0.05) is 6.07 Å². The van der Waals surface area contributed by atoms with Gasteiger partial charge in [0.15, 0.2) is 5.96 Å². The highest BCUT2D eigenvalue weighted by Crippen LogP contribution is 2.29. The zero-order valence-corrected chi connectivity index (χ0v) is 21.0. The van der Waals surface area contributed by atoms with Crippen molar-refractivity contribution in [3.8, 4) is 5.88 Å². The van der Waals surface area contributed by atoms with E-state index in [0.29, 0.717) is 18.8 Å². The number of hydrogen-bond donors (Lipinski definition) is 1. The maximum Gasteiger partial charge on any atom is 0.213 e. The molecule has 1 N–H and O–H groups in total. The Kier molecular flexibility index (Phi) is 10.1. The summed E-state index contributed by atoms with van der Waals surface area (Å²) in [5.41, 5.74) is 1.13. The summed E-state index contributed by atoms with van der Waals surface area (Å²) in [6, 6.07) is 4.03. The molecule has 0 bridgehead atoms. The van der Waals surface area contributed by atoms with Crippen molar-refractivity contribution in [3.05, 3.63) is 23.9 Å². The van der Waals surface area contributed by atoms with E-state index in [-0.39, 0.29) is 24.0 Å². The van der Waals surface area contributed by atoms with Crippen LogP contribution in [-0.2, 0) is 16.0 Å². The highest BCUT2D eigenvalue weighted by Gasteiger charge is 2.24. The Balaban J connectivity index is 0.00000272. The maximum absolute atomic E-state index is 6.13. The van der Waals surface area contributed by atoms with E-state index in [1.807, 2.05) is 19.3 Å². The molecule has 0 amide bonds. The summed E-state index contributed by atoms with van der Waals surface area (Å²) in [5.74, 6) is 2.40. The van der Waals surface area contributed by atoms with E-state index in [9.17, 15) is 0 Å². The molecule has 3 fully saturated rings. The predicted molar refractivity (Wildman–Crippen MR) is 132 cm³/mol. The minimum atomic E-state index is 0. The Labute approximate surface area is 203 Å². The van der Waals surface area contributed by atoms with Crippen molar-refractivity contribution in [3.63, 3.8) is 0 Å². The van der Waals surface area contributed by atoms with E-state index >= 15 is 0 Å². The number of rotatable bonds is 8. The van der Waals surface area contributed by atoms with E-state index in [1.165, 1.54) is 25.7 Å². The Hall–Kier alpha value is -1.13. The fraction of sp³-hybridized carbons (Fsp3) is 0.739. The third kappa shape index (κ3) is 8.05. The first-order valence-electron chi connectivity index (χ1n) is 11.6. The van der Waals surface area contributed by atoms with E-state index in [2.05, 4.69) is 26.3 Å². The summed E-state index contributed by atoms with van der Waals surface area (Å²) in [6.07, 6.45) is 10.7. The molecular formula is C23H37IN4O3. The highest BCUT2D eigenvalue weighted by atomic mass is 127. The Morgan fingerprint density at radius 2 is 2.00 bits per heavy atom. The zero-order chi connectivity index (χ0) is 20.6. The molecule has 0 spiro atoms. The summed E-state index contributed by atoms with van der Waals surface area (Å²) < 4.78 is 17.6. The molecule has 1 aliphatic carbocycles. The number of halogens is 1. The van der Waals surface area contributed by atoms with Gasteiger partial charge < -0.3 is 24.4 Å². The van der Waals surface area contributed by atoms with E-state index in [1.54, 1.807) is 0 Å². The first kappa shape index (κ1) is 24.5. The lowest BCUT2D eigenvalue weighted by Crippen LogP contribution is -2.47. The predicted octanol–water partition coefficient (Wildman–Crippen LogP) is 3.61. The molecule has 0 aromatic carbocycles. The maximum atomic E-state index is 6.13. The van der Waals surface area contributed by atoms with Gasteiger partial charge >= 0.3 is 0 Å². The lowest BCUT2D eigenvalue weighted by Gasteiger charge is -2.35. The van der Waals surface area contributed by atoms with Gasteiger partial charge in [0.2, 0.25) is 5.88 Å².